The van der Waals surface area contributed by atoms with Gasteiger partial charge in [0.2, 0.25) is 0 Å². The number of benzene rings is 2. The van der Waals surface area contributed by atoms with E-state index in [1.165, 1.54) is 41.7 Å². The zero-order chi connectivity index (χ0) is 17.3. The van der Waals surface area contributed by atoms with Crippen LogP contribution in [-0.4, -0.2) is 31.4 Å². The van der Waals surface area contributed by atoms with Crippen LogP contribution in [0.2, 0.25) is 0 Å². The van der Waals surface area contributed by atoms with Crippen molar-refractivity contribution < 1.29 is 25.2 Å². The van der Waals surface area contributed by atoms with Crippen molar-refractivity contribution in [1.29, 1.82) is 0 Å². The van der Waals surface area contributed by atoms with Gasteiger partial charge in [-0.1, -0.05) is 0 Å². The largest absolute Gasteiger partial charge is 0.507 e. The second-order valence-electron chi connectivity index (χ2n) is 4.90. The first-order valence-corrected chi connectivity index (χ1v) is 7.63. The molecule has 8 heteroatoms. The molecule has 0 fully saturated rings. The highest BCUT2D eigenvalue weighted by atomic mass is 32.1. The van der Waals surface area contributed by atoms with Gasteiger partial charge in [-0.25, -0.2) is 9.78 Å². The topological polar surface area (TPSA) is 123 Å². The minimum Gasteiger partial charge on any atom is -0.507 e. The third-order valence-corrected chi connectivity index (χ3v) is 4.01. The van der Waals surface area contributed by atoms with Crippen molar-refractivity contribution in [2.24, 2.45) is 0 Å². The molecule has 3 aromatic rings. The van der Waals surface area contributed by atoms with Crippen molar-refractivity contribution in [1.82, 2.24) is 4.98 Å². The Bertz CT molecular complexity index is 923. The molecule has 1 aromatic heterocycles. The predicted octanol–water partition coefficient (Wildman–Crippen LogP) is 3.37. The number of carbonyl (C=O) groups is 1. The van der Waals surface area contributed by atoms with E-state index in [0.29, 0.717) is 22.1 Å². The van der Waals surface area contributed by atoms with Gasteiger partial charge in [-0.2, -0.15) is 0 Å². The molecule has 0 saturated carbocycles. The lowest BCUT2D eigenvalue weighted by atomic mass is 10.1. The molecule has 122 valence electrons. The van der Waals surface area contributed by atoms with E-state index < -0.39 is 5.97 Å². The number of anilines is 2. The molecular weight excluding hydrogens is 332 g/mol. The van der Waals surface area contributed by atoms with Crippen LogP contribution < -0.4 is 5.32 Å². The predicted molar refractivity (Wildman–Crippen MR) is 89.2 cm³/mol. The maximum Gasteiger partial charge on any atom is 0.339 e. The highest BCUT2D eigenvalue weighted by Gasteiger charge is 2.12. The maximum absolute atomic E-state index is 11.0. The van der Waals surface area contributed by atoms with Gasteiger partial charge in [-0.05, 0) is 36.4 Å². The number of phenolic OH excluding ortho intramolecular Hbond substituents is 2. The van der Waals surface area contributed by atoms with Crippen molar-refractivity contribution in [2.75, 3.05) is 5.32 Å². The number of thiazole rings is 1. The Kier molecular flexibility index (Phi) is 3.97. The Morgan fingerprint density at radius 3 is 2.46 bits per heavy atom. The number of hydrogen-bond acceptors (Lipinski definition) is 7. The minimum absolute atomic E-state index is 0.208. The summed E-state index contributed by atoms with van der Waals surface area (Å²) in [5.41, 5.74) is 1.49. The highest BCUT2D eigenvalue weighted by molar-refractivity contribution is 7.14. The number of carboxylic acids is 1. The highest BCUT2D eigenvalue weighted by Crippen LogP contribution is 2.33. The molecular formula is C16H12N2O5S. The third-order valence-electron chi connectivity index (χ3n) is 3.25. The van der Waals surface area contributed by atoms with Gasteiger partial charge in [-0.3, -0.25) is 0 Å². The van der Waals surface area contributed by atoms with Crippen molar-refractivity contribution in [3.63, 3.8) is 0 Å². The van der Waals surface area contributed by atoms with Crippen LogP contribution in [0.1, 0.15) is 10.4 Å². The molecule has 0 amide bonds. The van der Waals surface area contributed by atoms with Gasteiger partial charge in [0.1, 0.15) is 11.3 Å². The van der Waals surface area contributed by atoms with Crippen LogP contribution in [0.3, 0.4) is 0 Å². The third kappa shape index (κ3) is 3.08. The van der Waals surface area contributed by atoms with Crippen molar-refractivity contribution in [2.45, 2.75) is 0 Å². The lowest BCUT2D eigenvalue weighted by Gasteiger charge is -2.05. The number of nitrogens with one attached hydrogen (secondary N) is 1. The molecule has 0 aliphatic carbocycles. The van der Waals surface area contributed by atoms with Crippen LogP contribution in [0.15, 0.2) is 41.8 Å². The monoisotopic (exact) mass is 344 g/mol. The van der Waals surface area contributed by atoms with E-state index in [-0.39, 0.29) is 22.8 Å². The second-order valence-corrected chi connectivity index (χ2v) is 5.76. The first kappa shape index (κ1) is 15.6. The van der Waals surface area contributed by atoms with Gasteiger partial charge in [-0.15, -0.1) is 11.3 Å². The normalized spacial score (nSPS) is 10.5. The summed E-state index contributed by atoms with van der Waals surface area (Å²) in [4.78, 5) is 15.4. The van der Waals surface area contributed by atoms with E-state index in [1.54, 1.807) is 11.4 Å². The van der Waals surface area contributed by atoms with Crippen LogP contribution >= 0.6 is 11.3 Å². The van der Waals surface area contributed by atoms with Crippen LogP contribution in [0.4, 0.5) is 10.8 Å². The zero-order valence-electron chi connectivity index (χ0n) is 12.1. The lowest BCUT2D eigenvalue weighted by molar-refractivity contribution is 0.0694. The summed E-state index contributed by atoms with van der Waals surface area (Å²) in [5, 5.41) is 42.6. The second kappa shape index (κ2) is 6.09. The van der Waals surface area contributed by atoms with E-state index in [4.69, 9.17) is 5.11 Å². The van der Waals surface area contributed by atoms with Crippen molar-refractivity contribution >= 4 is 28.1 Å². The molecule has 0 radical (unpaired) electrons. The molecule has 0 spiro atoms. The molecule has 0 bridgehead atoms. The smallest absolute Gasteiger partial charge is 0.339 e. The van der Waals surface area contributed by atoms with Crippen molar-refractivity contribution in [3.8, 4) is 28.5 Å². The fraction of sp³-hybridized carbons (Fsp3) is 0. The standard InChI is InChI=1S/C16H12N2O5S/c19-12-4-2-9(6-10(12)15(22)23)17-16-18-11(7-24-16)8-1-3-13(20)14(21)5-8/h1-7,19-21H,(H,17,18)(H,22,23). The van der Waals surface area contributed by atoms with E-state index in [9.17, 15) is 20.1 Å². The Hall–Kier alpha value is -3.26. The fourth-order valence-corrected chi connectivity index (χ4v) is 2.79. The SMILES string of the molecule is O=C(O)c1cc(Nc2nc(-c3ccc(O)c(O)c3)cs2)ccc1O. The molecule has 1 heterocycles. The number of carboxylic acid groups (broad SMARTS) is 1. The van der Waals surface area contributed by atoms with E-state index >= 15 is 0 Å². The summed E-state index contributed by atoms with van der Waals surface area (Å²) in [5.74, 6) is -1.99. The molecule has 0 unspecified atom stereocenters. The number of nitrogens with zero attached hydrogens (tertiary/aromatic N) is 1. The van der Waals surface area contributed by atoms with Gasteiger partial charge in [0.25, 0.3) is 0 Å². The summed E-state index contributed by atoms with van der Waals surface area (Å²) >= 11 is 1.29. The summed E-state index contributed by atoms with van der Waals surface area (Å²) in [7, 11) is 0. The minimum atomic E-state index is -1.23. The van der Waals surface area contributed by atoms with E-state index in [2.05, 4.69) is 10.3 Å². The van der Waals surface area contributed by atoms with Gasteiger partial charge < -0.3 is 25.7 Å². The van der Waals surface area contributed by atoms with Gasteiger partial charge >= 0.3 is 5.97 Å². The Balaban J connectivity index is 1.85. The molecule has 0 aliphatic rings. The van der Waals surface area contributed by atoms with E-state index in [0.717, 1.165) is 0 Å². The average Bonchev–Trinajstić information content (AvgIpc) is 3.00. The molecule has 2 aromatic carbocycles. The van der Waals surface area contributed by atoms with Gasteiger partial charge in [0, 0.05) is 16.6 Å². The maximum atomic E-state index is 11.0. The number of aromatic hydroxyl groups is 3. The summed E-state index contributed by atoms with van der Waals surface area (Å²) in [6, 6.07) is 8.53. The van der Waals surface area contributed by atoms with Gasteiger partial charge in [0.15, 0.2) is 16.6 Å². The quantitative estimate of drug-likeness (QED) is 0.363. The van der Waals surface area contributed by atoms with Crippen LogP contribution in [-0.2, 0) is 0 Å². The molecule has 0 saturated heterocycles. The summed E-state index contributed by atoms with van der Waals surface area (Å²) in [6.45, 7) is 0. The Labute approximate surface area is 140 Å². The summed E-state index contributed by atoms with van der Waals surface area (Å²) < 4.78 is 0. The Morgan fingerprint density at radius 1 is 1.00 bits per heavy atom. The summed E-state index contributed by atoms with van der Waals surface area (Å²) in [6.07, 6.45) is 0. The number of phenols is 3. The number of hydrogen-bond donors (Lipinski definition) is 5. The number of aromatic nitrogens is 1. The first-order valence-electron chi connectivity index (χ1n) is 6.75. The molecule has 24 heavy (non-hydrogen) atoms. The first-order chi connectivity index (χ1) is 11.4. The molecule has 0 atom stereocenters. The molecule has 5 N–H and O–H groups in total. The fourth-order valence-electron chi connectivity index (χ4n) is 2.06. The number of rotatable bonds is 4. The zero-order valence-corrected chi connectivity index (χ0v) is 12.9. The molecule has 3 rings (SSSR count). The van der Waals surface area contributed by atoms with Crippen LogP contribution in [0.25, 0.3) is 11.3 Å². The molecule has 0 aliphatic heterocycles. The van der Waals surface area contributed by atoms with E-state index in [1.807, 2.05) is 0 Å². The average molecular weight is 344 g/mol. The van der Waals surface area contributed by atoms with Gasteiger partial charge in [0.05, 0.1) is 5.69 Å². The van der Waals surface area contributed by atoms with Crippen LogP contribution in [0.5, 0.6) is 17.2 Å². The number of aromatic carboxylic acids is 1. The van der Waals surface area contributed by atoms with Crippen LogP contribution in [0, 0.1) is 0 Å². The Morgan fingerprint density at radius 2 is 1.75 bits per heavy atom. The lowest BCUT2D eigenvalue weighted by Crippen LogP contribution is -1.98. The molecule has 7 nitrogen and oxygen atoms in total. The van der Waals surface area contributed by atoms with Crippen molar-refractivity contribution in [3.05, 3.63) is 47.3 Å².